The van der Waals surface area contributed by atoms with Crippen LogP contribution in [0.3, 0.4) is 0 Å². The van der Waals surface area contributed by atoms with Crippen LogP contribution >= 0.6 is 0 Å². The summed E-state index contributed by atoms with van der Waals surface area (Å²) in [5.41, 5.74) is -2.67. The fourth-order valence-electron chi connectivity index (χ4n) is 0.267. The highest BCUT2D eigenvalue weighted by Gasteiger charge is 2.42. The molecule has 0 rings (SSSR count). The van der Waals surface area contributed by atoms with Gasteiger partial charge in [0.2, 0.25) is 6.43 Å². The van der Waals surface area contributed by atoms with Crippen molar-refractivity contribution in [3.05, 3.63) is 0 Å². The number of alkyl halides is 2. The van der Waals surface area contributed by atoms with Crippen molar-refractivity contribution in [1.29, 1.82) is 0 Å². The van der Waals surface area contributed by atoms with Gasteiger partial charge in [-0.2, -0.15) is 0 Å². The third kappa shape index (κ3) is 1.66. The molecule has 0 aromatic rings. The van der Waals surface area contributed by atoms with Gasteiger partial charge >= 0.3 is 0 Å². The number of rotatable bonds is 2. The molecule has 0 aliphatic heterocycles. The van der Waals surface area contributed by atoms with Crippen LogP contribution in [-0.4, -0.2) is 17.1 Å². The van der Waals surface area contributed by atoms with Crippen molar-refractivity contribution < 1.29 is 13.9 Å². The first-order chi connectivity index (χ1) is 4.19. The molecule has 0 amide bonds. The van der Waals surface area contributed by atoms with Crippen molar-refractivity contribution in [2.75, 3.05) is 0 Å². The normalized spacial score (nSPS) is 14.4. The highest BCUT2D eigenvalue weighted by atomic mass is 19.3. The van der Waals surface area contributed by atoms with Crippen LogP contribution < -0.4 is 0 Å². The second-order valence-corrected chi connectivity index (χ2v) is 3.58. The van der Waals surface area contributed by atoms with Crippen LogP contribution in [0.4, 0.5) is 8.78 Å². The largest absolute Gasteiger partial charge is 0.390 e. The number of aliphatic hydroxyl groups is 1. The first-order valence-corrected chi connectivity index (χ1v) is 3.20. The molecule has 1 nitrogen and oxygen atoms in total. The molecule has 0 heterocycles. The first-order valence-electron chi connectivity index (χ1n) is 3.20. The minimum atomic E-state index is -2.49. The highest BCUT2D eigenvalue weighted by molar-refractivity contribution is 4.87. The van der Waals surface area contributed by atoms with E-state index in [0.29, 0.717) is 0 Å². The average Bonchev–Trinajstić information content (AvgIpc) is 1.62. The molecule has 0 bridgehead atoms. The van der Waals surface area contributed by atoms with Crippen LogP contribution in [0, 0.1) is 5.41 Å². The second-order valence-electron chi connectivity index (χ2n) is 3.58. The molecular formula is C7H14F2O. The molecular weight excluding hydrogens is 138 g/mol. The summed E-state index contributed by atoms with van der Waals surface area (Å²) in [5, 5.41) is 9.24. The monoisotopic (exact) mass is 152 g/mol. The summed E-state index contributed by atoms with van der Waals surface area (Å²) in [4.78, 5) is 0. The van der Waals surface area contributed by atoms with Gasteiger partial charge < -0.3 is 5.11 Å². The van der Waals surface area contributed by atoms with Crippen molar-refractivity contribution >= 4 is 0 Å². The molecule has 3 heteroatoms. The lowest BCUT2D eigenvalue weighted by Gasteiger charge is -2.36. The van der Waals surface area contributed by atoms with E-state index in [4.69, 9.17) is 0 Å². The summed E-state index contributed by atoms with van der Waals surface area (Å²) in [5.74, 6) is 0. The molecule has 0 aromatic heterocycles. The van der Waals surface area contributed by atoms with Crippen molar-refractivity contribution in [2.45, 2.75) is 39.7 Å². The lowest BCUT2D eigenvalue weighted by atomic mass is 9.78. The fourth-order valence-corrected chi connectivity index (χ4v) is 0.267. The Kier molecular flexibility index (Phi) is 2.41. The second kappa shape index (κ2) is 2.46. The molecule has 0 aromatic carbocycles. The van der Waals surface area contributed by atoms with E-state index in [-0.39, 0.29) is 0 Å². The fraction of sp³-hybridized carbons (Fsp3) is 1.00. The van der Waals surface area contributed by atoms with Crippen molar-refractivity contribution in [1.82, 2.24) is 0 Å². The van der Waals surface area contributed by atoms with Crippen molar-refractivity contribution in [3.63, 3.8) is 0 Å². The molecule has 0 aliphatic carbocycles. The van der Waals surface area contributed by atoms with E-state index in [2.05, 4.69) is 0 Å². The van der Waals surface area contributed by atoms with Crippen LogP contribution in [0.2, 0.25) is 0 Å². The van der Waals surface area contributed by atoms with Gasteiger partial charge in [-0.25, -0.2) is 8.78 Å². The van der Waals surface area contributed by atoms with Crippen LogP contribution in [0.5, 0.6) is 0 Å². The average molecular weight is 152 g/mol. The molecule has 0 unspecified atom stereocenters. The predicted octanol–water partition coefficient (Wildman–Crippen LogP) is 2.05. The van der Waals surface area contributed by atoms with E-state index in [1.54, 1.807) is 0 Å². The maximum Gasteiger partial charge on any atom is 0.246 e. The van der Waals surface area contributed by atoms with Crippen LogP contribution in [0.15, 0.2) is 0 Å². The number of halogens is 2. The summed E-state index contributed by atoms with van der Waals surface area (Å²) in [6, 6.07) is 0. The van der Waals surface area contributed by atoms with Gasteiger partial charge in [0.1, 0.15) is 0 Å². The van der Waals surface area contributed by atoms with E-state index >= 15 is 0 Å². The van der Waals surface area contributed by atoms with Gasteiger partial charge in [0.25, 0.3) is 0 Å². The molecule has 62 valence electrons. The summed E-state index contributed by atoms with van der Waals surface area (Å²) in [6.07, 6.45) is -2.49. The summed E-state index contributed by atoms with van der Waals surface area (Å²) in [7, 11) is 0. The molecule has 0 spiro atoms. The lowest BCUT2D eigenvalue weighted by molar-refractivity contribution is -0.118. The van der Waals surface area contributed by atoms with Gasteiger partial charge in [-0.3, -0.25) is 0 Å². The van der Waals surface area contributed by atoms with Crippen LogP contribution in [0.25, 0.3) is 0 Å². The van der Waals surface area contributed by atoms with E-state index in [0.717, 1.165) is 0 Å². The maximum absolute atomic E-state index is 12.1. The van der Waals surface area contributed by atoms with E-state index in [1.165, 1.54) is 27.7 Å². The van der Waals surface area contributed by atoms with Gasteiger partial charge in [0, 0.05) is 0 Å². The number of hydrogen-bond donors (Lipinski definition) is 1. The van der Waals surface area contributed by atoms with Gasteiger partial charge in [-0.05, 0) is 13.8 Å². The van der Waals surface area contributed by atoms with Gasteiger partial charge in [0.05, 0.1) is 11.0 Å². The highest BCUT2D eigenvalue weighted by Crippen LogP contribution is 2.36. The Labute approximate surface area is 60.1 Å². The Morgan fingerprint density at radius 1 is 1.10 bits per heavy atom. The van der Waals surface area contributed by atoms with E-state index in [9.17, 15) is 13.9 Å². The Bertz CT molecular complexity index is 113. The zero-order chi connectivity index (χ0) is 8.58. The zero-order valence-electron chi connectivity index (χ0n) is 6.78. The van der Waals surface area contributed by atoms with E-state index in [1.807, 2.05) is 0 Å². The topological polar surface area (TPSA) is 20.2 Å². The first kappa shape index (κ1) is 9.82. The summed E-state index contributed by atoms with van der Waals surface area (Å²) >= 11 is 0. The quantitative estimate of drug-likeness (QED) is 0.642. The zero-order valence-corrected chi connectivity index (χ0v) is 6.78. The molecule has 0 saturated heterocycles. The predicted molar refractivity (Wildman–Crippen MR) is 36.1 cm³/mol. The Hall–Kier alpha value is -0.180. The number of hydrogen-bond acceptors (Lipinski definition) is 1. The van der Waals surface area contributed by atoms with Gasteiger partial charge in [-0.15, -0.1) is 0 Å². The Morgan fingerprint density at radius 2 is 1.40 bits per heavy atom. The van der Waals surface area contributed by atoms with Crippen LogP contribution in [-0.2, 0) is 0 Å². The molecule has 0 fully saturated rings. The molecule has 0 radical (unpaired) electrons. The molecule has 0 aliphatic rings. The molecule has 1 N–H and O–H groups in total. The van der Waals surface area contributed by atoms with E-state index < -0.39 is 17.4 Å². The maximum atomic E-state index is 12.1. The van der Waals surface area contributed by atoms with Crippen molar-refractivity contribution in [2.24, 2.45) is 5.41 Å². The molecule has 0 atom stereocenters. The third-order valence-corrected chi connectivity index (χ3v) is 2.12. The minimum absolute atomic E-state index is 1.33. The van der Waals surface area contributed by atoms with Crippen LogP contribution in [0.1, 0.15) is 27.7 Å². The van der Waals surface area contributed by atoms with Crippen molar-refractivity contribution in [3.8, 4) is 0 Å². The molecule has 10 heavy (non-hydrogen) atoms. The van der Waals surface area contributed by atoms with Gasteiger partial charge in [-0.1, -0.05) is 13.8 Å². The standard InChI is InChI=1S/C7H14F2O/c1-6(2,5(8)9)7(3,4)10/h5,10H,1-4H3. The SMILES string of the molecule is CC(C)(O)C(C)(C)C(F)F. The van der Waals surface area contributed by atoms with Gasteiger partial charge in [0.15, 0.2) is 0 Å². The summed E-state index contributed by atoms with van der Waals surface area (Å²) in [6.45, 7) is 5.47. The summed E-state index contributed by atoms with van der Waals surface area (Å²) < 4.78 is 24.3. The Morgan fingerprint density at radius 3 is 1.40 bits per heavy atom. The lowest BCUT2D eigenvalue weighted by Crippen LogP contribution is -2.44. The molecule has 0 saturated carbocycles. The Balaban J connectivity index is 4.40. The minimum Gasteiger partial charge on any atom is -0.390 e. The smallest absolute Gasteiger partial charge is 0.246 e. The third-order valence-electron chi connectivity index (χ3n) is 2.12.